The summed E-state index contributed by atoms with van der Waals surface area (Å²) in [4.78, 5) is 25.0. The summed E-state index contributed by atoms with van der Waals surface area (Å²) >= 11 is 0. The molecule has 2 aromatic heterocycles. The summed E-state index contributed by atoms with van der Waals surface area (Å²) in [6.45, 7) is 7.48. The summed E-state index contributed by atoms with van der Waals surface area (Å²) in [6.07, 6.45) is 0.802. The molecule has 1 aromatic carbocycles. The van der Waals surface area contributed by atoms with E-state index in [1.165, 1.54) is 10.7 Å². The molecule has 3 aromatic rings. The van der Waals surface area contributed by atoms with E-state index in [0.717, 1.165) is 29.1 Å². The largest absolute Gasteiger partial charge is 0.324 e. The Morgan fingerprint density at radius 1 is 1.15 bits per heavy atom. The van der Waals surface area contributed by atoms with Crippen LogP contribution < -0.4 is 10.9 Å². The Bertz CT molecular complexity index is 1030. The van der Waals surface area contributed by atoms with Gasteiger partial charge in [-0.2, -0.15) is 5.10 Å². The molecule has 0 spiro atoms. The lowest BCUT2D eigenvalue weighted by Crippen LogP contribution is -2.34. The Morgan fingerprint density at radius 3 is 2.56 bits per heavy atom. The van der Waals surface area contributed by atoms with Gasteiger partial charge in [-0.25, -0.2) is 9.36 Å². The first-order valence-corrected chi connectivity index (χ1v) is 8.93. The highest BCUT2D eigenvalue weighted by molar-refractivity contribution is 5.94. The van der Waals surface area contributed by atoms with Crippen LogP contribution in [0.25, 0.3) is 5.82 Å². The van der Waals surface area contributed by atoms with E-state index in [1.54, 1.807) is 17.7 Å². The van der Waals surface area contributed by atoms with Crippen molar-refractivity contribution >= 4 is 11.6 Å². The Morgan fingerprint density at radius 2 is 1.89 bits per heavy atom. The summed E-state index contributed by atoms with van der Waals surface area (Å²) in [5.41, 5.74) is 3.20. The SMILES string of the molecule is CCc1ccccc1NC(=O)C(C)n1nc(-n2nc(C)cc2C)ccc1=O. The van der Waals surface area contributed by atoms with Crippen LogP contribution in [0.5, 0.6) is 0 Å². The molecule has 7 heteroatoms. The van der Waals surface area contributed by atoms with Crippen LogP contribution in [0.15, 0.2) is 47.3 Å². The first kappa shape index (κ1) is 18.6. The third kappa shape index (κ3) is 3.81. The van der Waals surface area contributed by atoms with Crippen LogP contribution >= 0.6 is 0 Å². The van der Waals surface area contributed by atoms with Gasteiger partial charge in [0.2, 0.25) is 5.91 Å². The lowest BCUT2D eigenvalue weighted by molar-refractivity contribution is -0.119. The Hall–Kier alpha value is -3.22. The number of anilines is 1. The van der Waals surface area contributed by atoms with Crippen molar-refractivity contribution in [2.75, 3.05) is 5.32 Å². The number of amides is 1. The number of nitrogens with zero attached hydrogens (tertiary/aromatic N) is 4. The molecule has 0 aliphatic rings. The first-order valence-electron chi connectivity index (χ1n) is 8.93. The number of aromatic nitrogens is 4. The van der Waals surface area contributed by atoms with E-state index in [4.69, 9.17) is 0 Å². The van der Waals surface area contributed by atoms with Crippen LogP contribution in [0.3, 0.4) is 0 Å². The molecule has 1 unspecified atom stereocenters. The number of rotatable bonds is 5. The van der Waals surface area contributed by atoms with Crippen LogP contribution in [-0.2, 0) is 11.2 Å². The lowest BCUT2D eigenvalue weighted by Gasteiger charge is -2.16. The highest BCUT2D eigenvalue weighted by Crippen LogP contribution is 2.17. The van der Waals surface area contributed by atoms with Crippen molar-refractivity contribution in [3.8, 4) is 5.82 Å². The second kappa shape index (κ2) is 7.57. The van der Waals surface area contributed by atoms with Gasteiger partial charge >= 0.3 is 0 Å². The molecule has 0 aliphatic carbocycles. The van der Waals surface area contributed by atoms with Crippen molar-refractivity contribution in [3.05, 3.63) is 69.8 Å². The lowest BCUT2D eigenvalue weighted by atomic mass is 10.1. The molecule has 7 nitrogen and oxygen atoms in total. The standard InChI is InChI=1S/C20H23N5O2/c1-5-16-8-6-7-9-17(16)21-20(27)15(4)25-19(26)11-10-18(23-25)24-14(3)12-13(2)22-24/h6-12,15H,5H2,1-4H3,(H,21,27). The molecule has 27 heavy (non-hydrogen) atoms. The van der Waals surface area contributed by atoms with Crippen molar-refractivity contribution < 1.29 is 4.79 Å². The topological polar surface area (TPSA) is 81.8 Å². The summed E-state index contributed by atoms with van der Waals surface area (Å²) in [6, 6.07) is 11.8. The zero-order chi connectivity index (χ0) is 19.6. The normalized spacial score (nSPS) is 12.0. The second-order valence-electron chi connectivity index (χ2n) is 6.49. The van der Waals surface area contributed by atoms with Crippen molar-refractivity contribution in [1.29, 1.82) is 0 Å². The van der Waals surface area contributed by atoms with Gasteiger partial charge < -0.3 is 5.32 Å². The molecule has 2 heterocycles. The third-order valence-corrected chi connectivity index (χ3v) is 4.44. The third-order valence-electron chi connectivity index (χ3n) is 4.44. The van der Waals surface area contributed by atoms with E-state index in [0.29, 0.717) is 5.82 Å². The summed E-state index contributed by atoms with van der Waals surface area (Å²) < 4.78 is 2.85. The van der Waals surface area contributed by atoms with Gasteiger partial charge in [0.15, 0.2) is 5.82 Å². The summed E-state index contributed by atoms with van der Waals surface area (Å²) in [7, 11) is 0. The fourth-order valence-corrected chi connectivity index (χ4v) is 2.97. The number of carbonyl (C=O) groups is 1. The predicted octanol–water partition coefficient (Wildman–Crippen LogP) is 2.81. The van der Waals surface area contributed by atoms with Crippen molar-refractivity contribution in [2.45, 2.75) is 40.2 Å². The van der Waals surface area contributed by atoms with E-state index >= 15 is 0 Å². The van der Waals surface area contributed by atoms with Gasteiger partial charge in [0.25, 0.3) is 5.56 Å². The van der Waals surface area contributed by atoms with Gasteiger partial charge in [0.05, 0.1) is 5.69 Å². The minimum absolute atomic E-state index is 0.295. The fourth-order valence-electron chi connectivity index (χ4n) is 2.97. The quantitative estimate of drug-likeness (QED) is 0.754. The highest BCUT2D eigenvalue weighted by Gasteiger charge is 2.19. The van der Waals surface area contributed by atoms with Crippen molar-refractivity contribution in [3.63, 3.8) is 0 Å². The molecule has 0 bridgehead atoms. The molecule has 140 valence electrons. The number of benzene rings is 1. The van der Waals surface area contributed by atoms with Crippen molar-refractivity contribution in [1.82, 2.24) is 19.6 Å². The molecule has 0 saturated carbocycles. The van der Waals surface area contributed by atoms with E-state index in [2.05, 4.69) is 15.5 Å². The smallest absolute Gasteiger partial charge is 0.267 e. The first-order chi connectivity index (χ1) is 12.9. The minimum Gasteiger partial charge on any atom is -0.324 e. The van der Waals surface area contributed by atoms with Crippen LogP contribution in [0.1, 0.15) is 36.8 Å². The Labute approximate surface area is 157 Å². The van der Waals surface area contributed by atoms with Gasteiger partial charge in [0, 0.05) is 17.4 Å². The predicted molar refractivity (Wildman–Crippen MR) is 104 cm³/mol. The van der Waals surface area contributed by atoms with Crippen LogP contribution in [0.2, 0.25) is 0 Å². The van der Waals surface area contributed by atoms with Crippen LogP contribution in [0, 0.1) is 13.8 Å². The minimum atomic E-state index is -0.765. The summed E-state index contributed by atoms with van der Waals surface area (Å²) in [5.74, 6) is 0.199. The molecule has 1 amide bonds. The molecule has 1 atom stereocenters. The van der Waals surface area contributed by atoms with Gasteiger partial charge in [0.1, 0.15) is 6.04 Å². The molecular weight excluding hydrogens is 342 g/mol. The maximum absolute atomic E-state index is 12.7. The van der Waals surface area contributed by atoms with E-state index in [-0.39, 0.29) is 11.5 Å². The average Bonchev–Trinajstić information content (AvgIpc) is 3.00. The monoisotopic (exact) mass is 365 g/mol. The molecule has 0 saturated heterocycles. The molecule has 0 fully saturated rings. The number of carbonyl (C=O) groups excluding carboxylic acids is 1. The second-order valence-corrected chi connectivity index (χ2v) is 6.49. The van der Waals surface area contributed by atoms with E-state index < -0.39 is 6.04 Å². The zero-order valence-electron chi connectivity index (χ0n) is 15.9. The van der Waals surface area contributed by atoms with Crippen molar-refractivity contribution in [2.24, 2.45) is 0 Å². The highest BCUT2D eigenvalue weighted by atomic mass is 16.2. The Kier molecular flexibility index (Phi) is 5.21. The van der Waals surface area contributed by atoms with E-state index in [9.17, 15) is 9.59 Å². The number of para-hydroxylation sites is 1. The fraction of sp³-hybridized carbons (Fsp3) is 0.300. The van der Waals surface area contributed by atoms with Gasteiger partial charge in [-0.3, -0.25) is 9.59 Å². The van der Waals surface area contributed by atoms with Gasteiger partial charge in [-0.1, -0.05) is 25.1 Å². The molecule has 0 radical (unpaired) electrons. The number of hydrogen-bond donors (Lipinski definition) is 1. The molecule has 1 N–H and O–H groups in total. The maximum atomic E-state index is 12.7. The summed E-state index contributed by atoms with van der Waals surface area (Å²) in [5, 5.41) is 11.7. The molecule has 3 rings (SSSR count). The van der Waals surface area contributed by atoms with Crippen LogP contribution in [-0.4, -0.2) is 25.5 Å². The Balaban J connectivity index is 1.91. The number of nitrogens with one attached hydrogen (secondary N) is 1. The van der Waals surface area contributed by atoms with E-state index in [1.807, 2.05) is 51.1 Å². The van der Waals surface area contributed by atoms with Gasteiger partial charge in [-0.15, -0.1) is 5.10 Å². The number of hydrogen-bond acceptors (Lipinski definition) is 4. The zero-order valence-corrected chi connectivity index (χ0v) is 15.9. The molecular formula is C20H23N5O2. The maximum Gasteiger partial charge on any atom is 0.267 e. The molecule has 0 aliphatic heterocycles. The van der Waals surface area contributed by atoms with Gasteiger partial charge in [-0.05, 0) is 51.0 Å². The number of aryl methyl sites for hydroxylation is 3. The average molecular weight is 365 g/mol. The van der Waals surface area contributed by atoms with Crippen LogP contribution in [0.4, 0.5) is 5.69 Å².